The maximum Gasteiger partial charge on any atom is 0.354 e. The van der Waals surface area contributed by atoms with Gasteiger partial charge in [-0.25, -0.2) is 9.78 Å². The van der Waals surface area contributed by atoms with Crippen molar-refractivity contribution in [1.29, 1.82) is 0 Å². The lowest BCUT2D eigenvalue weighted by Gasteiger charge is -2.34. The van der Waals surface area contributed by atoms with Gasteiger partial charge < -0.3 is 15.0 Å². The van der Waals surface area contributed by atoms with Crippen LogP contribution in [0.5, 0.6) is 0 Å². The zero-order chi connectivity index (χ0) is 23.8. The molecule has 4 aromatic rings. The van der Waals surface area contributed by atoms with Crippen LogP contribution in [0.1, 0.15) is 33.7 Å². The van der Waals surface area contributed by atoms with Crippen molar-refractivity contribution in [3.63, 3.8) is 0 Å². The first-order chi connectivity index (χ1) is 16.5. The molecular formula is C25H26N6O3. The van der Waals surface area contributed by atoms with E-state index in [0.717, 1.165) is 30.3 Å². The van der Waals surface area contributed by atoms with Crippen LogP contribution >= 0.6 is 0 Å². The van der Waals surface area contributed by atoms with Gasteiger partial charge in [0.05, 0.1) is 17.8 Å². The van der Waals surface area contributed by atoms with E-state index < -0.39 is 5.97 Å². The Balaban J connectivity index is 1.54. The third-order valence-corrected chi connectivity index (χ3v) is 6.43. The van der Waals surface area contributed by atoms with Gasteiger partial charge in [-0.1, -0.05) is 12.1 Å². The molecule has 0 spiro atoms. The molecule has 1 aliphatic rings. The molecule has 34 heavy (non-hydrogen) atoms. The Labute approximate surface area is 196 Å². The molecule has 5 rings (SSSR count). The molecule has 1 saturated heterocycles. The van der Waals surface area contributed by atoms with E-state index in [2.05, 4.69) is 15.4 Å². The Hall–Kier alpha value is -3.98. The summed E-state index contributed by atoms with van der Waals surface area (Å²) in [6.45, 7) is 1.63. The summed E-state index contributed by atoms with van der Waals surface area (Å²) in [5.74, 6) is -0.535. The minimum absolute atomic E-state index is 0.0223. The summed E-state index contributed by atoms with van der Waals surface area (Å²) in [5, 5.41) is 18.0. The third kappa shape index (κ3) is 3.73. The van der Waals surface area contributed by atoms with E-state index in [-0.39, 0.29) is 17.6 Å². The average Bonchev–Trinajstić information content (AvgIpc) is 3.43. The van der Waals surface area contributed by atoms with Crippen molar-refractivity contribution >= 4 is 28.6 Å². The van der Waals surface area contributed by atoms with Gasteiger partial charge in [0.25, 0.3) is 5.91 Å². The van der Waals surface area contributed by atoms with Gasteiger partial charge in [0, 0.05) is 49.5 Å². The molecule has 2 N–H and O–H groups in total. The van der Waals surface area contributed by atoms with Gasteiger partial charge in [-0.05, 0) is 49.2 Å². The summed E-state index contributed by atoms with van der Waals surface area (Å²) in [5.41, 5.74) is 2.74. The molecule has 3 aromatic heterocycles. The predicted molar refractivity (Wildman–Crippen MR) is 129 cm³/mol. The lowest BCUT2D eigenvalue weighted by Crippen LogP contribution is -2.49. The van der Waals surface area contributed by atoms with Crippen LogP contribution in [0, 0.1) is 0 Å². The van der Waals surface area contributed by atoms with E-state index in [0.29, 0.717) is 29.1 Å². The van der Waals surface area contributed by atoms with Gasteiger partial charge in [0.1, 0.15) is 0 Å². The zero-order valence-electron chi connectivity index (χ0n) is 19.1. The Kier molecular flexibility index (Phi) is 5.62. The van der Waals surface area contributed by atoms with Crippen LogP contribution in [0.2, 0.25) is 0 Å². The molecule has 9 heteroatoms. The number of fused-ring (bicyclic) bond motifs is 1. The minimum Gasteiger partial charge on any atom is -0.477 e. The number of aryl methyl sites for hydroxylation is 2. The Morgan fingerprint density at radius 1 is 1.15 bits per heavy atom. The van der Waals surface area contributed by atoms with Crippen LogP contribution in [-0.4, -0.2) is 55.4 Å². The minimum atomic E-state index is -1.05. The molecule has 0 bridgehead atoms. The van der Waals surface area contributed by atoms with Crippen molar-refractivity contribution in [2.75, 3.05) is 18.0 Å². The summed E-state index contributed by atoms with van der Waals surface area (Å²) in [4.78, 5) is 32.0. The highest BCUT2D eigenvalue weighted by molar-refractivity contribution is 6.10. The number of piperidine rings is 1. The van der Waals surface area contributed by atoms with Gasteiger partial charge in [-0.3, -0.25) is 14.4 Å². The van der Waals surface area contributed by atoms with E-state index in [9.17, 15) is 14.7 Å². The molecule has 1 atom stereocenters. The second-order valence-electron chi connectivity index (χ2n) is 8.59. The fraction of sp³-hybridized carbons (Fsp3) is 0.280. The number of rotatable bonds is 5. The number of amides is 1. The number of carboxylic acids is 1. The molecule has 1 fully saturated rings. The van der Waals surface area contributed by atoms with Gasteiger partial charge in [-0.15, -0.1) is 0 Å². The number of carbonyl (C=O) groups excluding carboxylic acids is 1. The van der Waals surface area contributed by atoms with Gasteiger partial charge in [0.2, 0.25) is 0 Å². The molecule has 0 aliphatic carbocycles. The van der Waals surface area contributed by atoms with Crippen molar-refractivity contribution in [2.45, 2.75) is 18.9 Å². The second-order valence-corrected chi connectivity index (χ2v) is 8.59. The number of nitrogens with one attached hydrogen (secondary N) is 1. The third-order valence-electron chi connectivity index (χ3n) is 6.43. The molecule has 1 aliphatic heterocycles. The number of hydrogen-bond donors (Lipinski definition) is 2. The number of carboxylic acid groups (broad SMARTS) is 1. The molecule has 4 heterocycles. The Morgan fingerprint density at radius 3 is 2.65 bits per heavy atom. The normalized spacial score (nSPS) is 16.0. The Bertz CT molecular complexity index is 1370. The van der Waals surface area contributed by atoms with Crippen LogP contribution in [0.4, 0.5) is 5.82 Å². The number of aromatic nitrogens is 4. The Morgan fingerprint density at radius 2 is 1.94 bits per heavy atom. The zero-order valence-corrected chi connectivity index (χ0v) is 19.1. The van der Waals surface area contributed by atoms with Crippen molar-refractivity contribution in [3.8, 4) is 11.1 Å². The topological polar surface area (TPSA) is 105 Å². The summed E-state index contributed by atoms with van der Waals surface area (Å²) >= 11 is 0. The van der Waals surface area contributed by atoms with Crippen molar-refractivity contribution < 1.29 is 14.7 Å². The van der Waals surface area contributed by atoms with Crippen LogP contribution < -0.4 is 10.2 Å². The van der Waals surface area contributed by atoms with Crippen LogP contribution in [-0.2, 0) is 14.1 Å². The number of aromatic carboxylic acids is 1. The van der Waals surface area contributed by atoms with Crippen LogP contribution in [0.25, 0.3) is 22.0 Å². The summed E-state index contributed by atoms with van der Waals surface area (Å²) < 4.78 is 3.33. The van der Waals surface area contributed by atoms with E-state index in [1.165, 1.54) is 10.9 Å². The highest BCUT2D eigenvalue weighted by Gasteiger charge is 2.30. The number of carbonyl (C=O) groups is 2. The quantitative estimate of drug-likeness (QED) is 0.476. The fourth-order valence-corrected chi connectivity index (χ4v) is 4.72. The lowest BCUT2D eigenvalue weighted by atomic mass is 10.0. The lowest BCUT2D eigenvalue weighted by molar-refractivity contribution is 0.0685. The first kappa shape index (κ1) is 21.8. The highest BCUT2D eigenvalue weighted by atomic mass is 16.4. The molecule has 0 saturated carbocycles. The molecular weight excluding hydrogens is 432 g/mol. The molecule has 9 nitrogen and oxygen atoms in total. The predicted octanol–water partition coefficient (Wildman–Crippen LogP) is 3.07. The van der Waals surface area contributed by atoms with Crippen LogP contribution in [0.15, 0.2) is 55.0 Å². The molecule has 1 amide bonds. The van der Waals surface area contributed by atoms with E-state index in [4.69, 9.17) is 0 Å². The van der Waals surface area contributed by atoms with E-state index >= 15 is 0 Å². The van der Waals surface area contributed by atoms with Crippen molar-refractivity contribution in [3.05, 3.63) is 66.2 Å². The highest BCUT2D eigenvalue weighted by Crippen LogP contribution is 2.30. The number of hydrogen-bond acceptors (Lipinski definition) is 5. The average molecular weight is 459 g/mol. The number of benzene rings is 1. The van der Waals surface area contributed by atoms with Gasteiger partial charge in [0.15, 0.2) is 11.5 Å². The van der Waals surface area contributed by atoms with Crippen LogP contribution in [0.3, 0.4) is 0 Å². The smallest absolute Gasteiger partial charge is 0.354 e. The summed E-state index contributed by atoms with van der Waals surface area (Å²) in [6, 6.07) is 11.0. The molecule has 174 valence electrons. The first-order valence-corrected chi connectivity index (χ1v) is 11.3. The summed E-state index contributed by atoms with van der Waals surface area (Å²) in [6.07, 6.45) is 7.11. The second kappa shape index (κ2) is 8.75. The molecule has 0 radical (unpaired) electrons. The maximum absolute atomic E-state index is 13.9. The van der Waals surface area contributed by atoms with Crippen molar-refractivity contribution in [1.82, 2.24) is 24.6 Å². The van der Waals surface area contributed by atoms with E-state index in [1.807, 2.05) is 34.8 Å². The summed E-state index contributed by atoms with van der Waals surface area (Å²) in [7, 11) is 3.55. The number of anilines is 1. The first-order valence-electron chi connectivity index (χ1n) is 11.3. The fourth-order valence-electron chi connectivity index (χ4n) is 4.72. The number of nitrogens with zero attached hydrogens (tertiary/aromatic N) is 5. The monoisotopic (exact) mass is 458 g/mol. The maximum atomic E-state index is 13.9. The molecule has 1 unspecified atom stereocenters. The SMILES string of the molecule is Cn1ncc(-c2ccc(C(=O)N(c3nccc4ccn(C)c34)C3CCCNC3)cc2)c1C(=O)O. The van der Waals surface area contributed by atoms with E-state index in [1.54, 1.807) is 37.5 Å². The standard InChI is InChI=1S/C25H26N6O3/c1-29-13-10-17-9-12-27-23(21(17)29)31(19-4-3-11-26-14-19)24(32)18-7-5-16(6-8-18)20-15-28-30(2)22(20)25(33)34/h5-10,12-13,15,19,26H,3-4,11,14H2,1-2H3,(H,33,34). The van der Waals surface area contributed by atoms with Crippen molar-refractivity contribution in [2.24, 2.45) is 14.1 Å². The largest absolute Gasteiger partial charge is 0.477 e. The molecule has 1 aromatic carbocycles. The van der Waals surface area contributed by atoms with Gasteiger partial charge in [-0.2, -0.15) is 5.10 Å². The van der Waals surface area contributed by atoms with Gasteiger partial charge >= 0.3 is 5.97 Å². The number of pyridine rings is 1.